The van der Waals surface area contributed by atoms with E-state index in [1.807, 2.05) is 72.9 Å². The van der Waals surface area contributed by atoms with Gasteiger partial charge >= 0.3 is 0 Å². The topological polar surface area (TPSA) is 42.8 Å². The Morgan fingerprint density at radius 1 is 0.769 bits per heavy atom. The van der Waals surface area contributed by atoms with Crippen LogP contribution in [0.1, 0.15) is 11.6 Å². The third kappa shape index (κ3) is 4.63. The average Bonchev–Trinajstić information content (AvgIpc) is 2.72. The first-order chi connectivity index (χ1) is 12.8. The van der Waals surface area contributed by atoms with E-state index in [0.29, 0.717) is 0 Å². The van der Waals surface area contributed by atoms with Gasteiger partial charge in [-0.3, -0.25) is 4.99 Å². The van der Waals surface area contributed by atoms with Gasteiger partial charge in [0.15, 0.2) is 0 Å². The van der Waals surface area contributed by atoms with E-state index in [4.69, 9.17) is 9.47 Å². The summed E-state index contributed by atoms with van der Waals surface area (Å²) in [4.78, 5) is 4.62. The van der Waals surface area contributed by atoms with Crippen LogP contribution in [0.2, 0.25) is 0 Å². The van der Waals surface area contributed by atoms with Crippen LogP contribution in [0.3, 0.4) is 0 Å². The number of aliphatic imine (C=N–C) groups is 1. The number of ether oxygens (including phenoxy) is 2. The van der Waals surface area contributed by atoms with Crippen molar-refractivity contribution in [1.29, 1.82) is 0 Å². The van der Waals surface area contributed by atoms with Crippen molar-refractivity contribution in [3.63, 3.8) is 0 Å². The summed E-state index contributed by atoms with van der Waals surface area (Å²) >= 11 is 0. The maximum absolute atomic E-state index is 5.22. The molecular weight excluding hydrogens is 324 g/mol. The van der Waals surface area contributed by atoms with E-state index in [0.717, 1.165) is 28.4 Å². The molecule has 4 heteroatoms. The van der Waals surface area contributed by atoms with Gasteiger partial charge in [-0.05, 0) is 54.1 Å². The zero-order chi connectivity index (χ0) is 18.2. The summed E-state index contributed by atoms with van der Waals surface area (Å²) in [5, 5.41) is 3.51. The van der Waals surface area contributed by atoms with Gasteiger partial charge in [0, 0.05) is 11.9 Å². The van der Waals surface area contributed by atoms with E-state index in [9.17, 15) is 0 Å². The molecule has 0 unspecified atom stereocenters. The van der Waals surface area contributed by atoms with Crippen LogP contribution >= 0.6 is 0 Å². The third-order valence-electron chi connectivity index (χ3n) is 4.02. The first-order valence-corrected chi connectivity index (χ1v) is 8.42. The zero-order valence-corrected chi connectivity index (χ0v) is 14.9. The van der Waals surface area contributed by atoms with Gasteiger partial charge in [0.05, 0.1) is 25.9 Å². The second-order valence-corrected chi connectivity index (χ2v) is 5.74. The van der Waals surface area contributed by atoms with Gasteiger partial charge < -0.3 is 14.8 Å². The van der Waals surface area contributed by atoms with Crippen molar-refractivity contribution >= 4 is 17.6 Å². The Morgan fingerprint density at radius 2 is 1.35 bits per heavy atom. The van der Waals surface area contributed by atoms with Crippen molar-refractivity contribution in [3.05, 3.63) is 84.4 Å². The number of rotatable bonds is 7. The molecule has 0 saturated heterocycles. The Hall–Kier alpha value is -3.27. The van der Waals surface area contributed by atoms with Crippen molar-refractivity contribution in [2.75, 3.05) is 19.5 Å². The van der Waals surface area contributed by atoms with Crippen LogP contribution in [-0.4, -0.2) is 20.4 Å². The molecule has 0 amide bonds. The molecule has 0 aromatic heterocycles. The van der Waals surface area contributed by atoms with Crippen molar-refractivity contribution in [1.82, 2.24) is 0 Å². The minimum absolute atomic E-state index is 0.0494. The second-order valence-electron chi connectivity index (χ2n) is 5.74. The summed E-state index contributed by atoms with van der Waals surface area (Å²) in [5.41, 5.74) is 3.02. The zero-order valence-electron chi connectivity index (χ0n) is 14.9. The Kier molecular flexibility index (Phi) is 5.88. The SMILES string of the molecule is COc1ccc(N=C[C@H](Nc2ccc(OC)cc2)c2ccccc2)cc1. The molecule has 132 valence electrons. The molecule has 3 rings (SSSR count). The molecule has 26 heavy (non-hydrogen) atoms. The van der Waals surface area contributed by atoms with E-state index in [1.54, 1.807) is 14.2 Å². The number of benzene rings is 3. The molecule has 0 aliphatic carbocycles. The van der Waals surface area contributed by atoms with Gasteiger partial charge in [0.1, 0.15) is 11.5 Å². The lowest BCUT2D eigenvalue weighted by atomic mass is 10.1. The Bertz CT molecular complexity index is 828. The molecule has 3 aromatic carbocycles. The van der Waals surface area contributed by atoms with E-state index in [1.165, 1.54) is 0 Å². The smallest absolute Gasteiger partial charge is 0.119 e. The highest BCUT2D eigenvalue weighted by atomic mass is 16.5. The number of nitrogens with one attached hydrogen (secondary N) is 1. The van der Waals surface area contributed by atoms with Crippen LogP contribution in [0.5, 0.6) is 11.5 Å². The van der Waals surface area contributed by atoms with Gasteiger partial charge in [-0.25, -0.2) is 0 Å². The van der Waals surface area contributed by atoms with E-state index < -0.39 is 0 Å². The highest BCUT2D eigenvalue weighted by Crippen LogP contribution is 2.23. The van der Waals surface area contributed by atoms with Crippen LogP contribution in [-0.2, 0) is 0 Å². The van der Waals surface area contributed by atoms with E-state index >= 15 is 0 Å². The first-order valence-electron chi connectivity index (χ1n) is 8.42. The largest absolute Gasteiger partial charge is 0.497 e. The van der Waals surface area contributed by atoms with Gasteiger partial charge in [0.2, 0.25) is 0 Å². The second kappa shape index (κ2) is 8.72. The maximum Gasteiger partial charge on any atom is 0.119 e. The lowest BCUT2D eigenvalue weighted by molar-refractivity contribution is 0.414. The Balaban J connectivity index is 1.81. The predicted octanol–water partition coefficient (Wildman–Crippen LogP) is 5.26. The molecule has 4 nitrogen and oxygen atoms in total. The number of hydrogen-bond acceptors (Lipinski definition) is 4. The quantitative estimate of drug-likeness (QED) is 0.593. The van der Waals surface area contributed by atoms with Crippen LogP contribution in [0.15, 0.2) is 83.9 Å². The normalized spacial score (nSPS) is 11.9. The molecule has 0 saturated carbocycles. The van der Waals surface area contributed by atoms with Crippen LogP contribution in [0.25, 0.3) is 0 Å². The third-order valence-corrected chi connectivity index (χ3v) is 4.02. The Morgan fingerprint density at radius 3 is 1.92 bits per heavy atom. The molecule has 0 aliphatic rings. The molecule has 0 spiro atoms. The van der Waals surface area contributed by atoms with Crippen molar-refractivity contribution < 1.29 is 9.47 Å². The monoisotopic (exact) mass is 346 g/mol. The van der Waals surface area contributed by atoms with Gasteiger partial charge in [-0.2, -0.15) is 0 Å². The van der Waals surface area contributed by atoms with Crippen LogP contribution in [0, 0.1) is 0 Å². The fraction of sp³-hybridized carbons (Fsp3) is 0.136. The lowest BCUT2D eigenvalue weighted by Gasteiger charge is -2.16. The first kappa shape index (κ1) is 17.5. The summed E-state index contributed by atoms with van der Waals surface area (Å²) < 4.78 is 10.4. The summed E-state index contributed by atoms with van der Waals surface area (Å²) in [6, 6.07) is 25.7. The van der Waals surface area contributed by atoms with Gasteiger partial charge in [0.25, 0.3) is 0 Å². The number of hydrogen-bond donors (Lipinski definition) is 1. The minimum atomic E-state index is -0.0494. The highest BCUT2D eigenvalue weighted by molar-refractivity contribution is 5.75. The predicted molar refractivity (Wildman–Crippen MR) is 107 cm³/mol. The summed E-state index contributed by atoms with van der Waals surface area (Å²) in [7, 11) is 3.32. The number of anilines is 1. The van der Waals surface area contributed by atoms with Crippen molar-refractivity contribution in [3.8, 4) is 11.5 Å². The van der Waals surface area contributed by atoms with Crippen molar-refractivity contribution in [2.24, 2.45) is 4.99 Å². The fourth-order valence-electron chi connectivity index (χ4n) is 2.56. The van der Waals surface area contributed by atoms with E-state index in [-0.39, 0.29) is 6.04 Å². The summed E-state index contributed by atoms with van der Waals surface area (Å²) in [6.45, 7) is 0. The fourth-order valence-corrected chi connectivity index (χ4v) is 2.56. The average molecular weight is 346 g/mol. The number of methoxy groups -OCH3 is 2. The molecule has 1 N–H and O–H groups in total. The van der Waals surface area contributed by atoms with Crippen LogP contribution < -0.4 is 14.8 Å². The molecule has 0 fully saturated rings. The number of nitrogens with zero attached hydrogens (tertiary/aromatic N) is 1. The molecule has 3 aromatic rings. The maximum atomic E-state index is 5.22. The summed E-state index contributed by atoms with van der Waals surface area (Å²) in [6.07, 6.45) is 1.92. The molecule has 0 heterocycles. The van der Waals surface area contributed by atoms with Crippen LogP contribution in [0.4, 0.5) is 11.4 Å². The molecule has 1 atom stereocenters. The molecule has 0 radical (unpaired) electrons. The van der Waals surface area contributed by atoms with Crippen molar-refractivity contribution in [2.45, 2.75) is 6.04 Å². The Labute approximate surface area is 154 Å². The highest BCUT2D eigenvalue weighted by Gasteiger charge is 2.08. The van der Waals surface area contributed by atoms with E-state index in [2.05, 4.69) is 22.4 Å². The summed E-state index contributed by atoms with van der Waals surface area (Å²) in [5.74, 6) is 1.65. The minimum Gasteiger partial charge on any atom is -0.497 e. The standard InChI is InChI=1S/C22H22N2O2/c1-25-20-12-8-18(9-13-20)23-16-22(17-6-4-3-5-7-17)24-19-10-14-21(26-2)15-11-19/h3-16,22,24H,1-2H3/t22-/m0/s1. The lowest BCUT2D eigenvalue weighted by Crippen LogP contribution is -2.12. The van der Waals surface area contributed by atoms with Gasteiger partial charge in [-0.15, -0.1) is 0 Å². The van der Waals surface area contributed by atoms with Gasteiger partial charge in [-0.1, -0.05) is 30.3 Å². The molecule has 0 aliphatic heterocycles. The molecule has 0 bridgehead atoms. The molecular formula is C22H22N2O2.